The lowest BCUT2D eigenvalue weighted by atomic mass is 10.5. The van der Waals surface area contributed by atoms with Crippen LogP contribution < -0.4 is 0 Å². The van der Waals surface area contributed by atoms with Crippen LogP contribution >= 0.6 is 0 Å². The Balaban J connectivity index is 4.97. The van der Waals surface area contributed by atoms with Crippen LogP contribution in [0.1, 0.15) is 27.2 Å². The fourth-order valence-electron chi connectivity index (χ4n) is 1.88. The van der Waals surface area contributed by atoms with Crippen LogP contribution in [-0.2, 0) is 18.3 Å². The van der Waals surface area contributed by atoms with Gasteiger partial charge in [0.05, 0.1) is 0 Å². The Morgan fingerprint density at radius 2 is 1.33 bits per heavy atom. The molecule has 0 atom stereocenters. The Kier molecular flexibility index (Phi) is 6.62. The van der Waals surface area contributed by atoms with Crippen molar-refractivity contribution in [1.29, 1.82) is 0 Å². The molecule has 0 saturated carbocycles. The van der Waals surface area contributed by atoms with E-state index in [1.165, 1.54) is 0 Å². The highest BCUT2D eigenvalue weighted by Gasteiger charge is 2.55. The lowest BCUT2D eigenvalue weighted by Crippen LogP contribution is -2.63. The lowest BCUT2D eigenvalue weighted by Gasteiger charge is -2.41. The van der Waals surface area contributed by atoms with Crippen LogP contribution in [0.2, 0.25) is 6.55 Å². The summed E-state index contributed by atoms with van der Waals surface area (Å²) >= 11 is 0. The van der Waals surface area contributed by atoms with Crippen LogP contribution in [0.3, 0.4) is 0 Å². The first-order valence-corrected chi connectivity index (χ1v) is 7.75. The molecule has 15 heavy (non-hydrogen) atoms. The van der Waals surface area contributed by atoms with Gasteiger partial charge in [-0.2, -0.15) is 0 Å². The van der Waals surface area contributed by atoms with Gasteiger partial charge in [0.25, 0.3) is 0 Å². The summed E-state index contributed by atoms with van der Waals surface area (Å²) in [6.07, 6.45) is 0.711. The average Bonchev–Trinajstić information content (AvgIpc) is 2.21. The number of rotatable bonds is 8. The third-order valence-corrected chi connectivity index (χ3v) is 6.48. The Labute approximate surface area is 94.1 Å². The summed E-state index contributed by atoms with van der Waals surface area (Å²) in [6.45, 7) is 9.12. The maximum absolute atomic E-state index is 5.77. The molecule has 0 aromatic heterocycles. The smallest absolute Gasteiger partial charge is 0.392 e. The van der Waals surface area contributed by atoms with Gasteiger partial charge < -0.3 is 18.3 Å². The minimum atomic E-state index is -2.47. The molecule has 5 heteroatoms. The fourth-order valence-corrected chi connectivity index (χ4v) is 4.89. The normalized spacial score (nSPS) is 13.2. The van der Waals surface area contributed by atoms with Gasteiger partial charge >= 0.3 is 8.56 Å². The van der Waals surface area contributed by atoms with Gasteiger partial charge in [0.2, 0.25) is 5.41 Å². The highest BCUT2D eigenvalue weighted by atomic mass is 28.4. The summed E-state index contributed by atoms with van der Waals surface area (Å²) in [4.78, 5) is 0. The lowest BCUT2D eigenvalue weighted by molar-refractivity contribution is -0.176. The van der Waals surface area contributed by atoms with Crippen molar-refractivity contribution in [3.63, 3.8) is 0 Å². The van der Waals surface area contributed by atoms with Gasteiger partial charge in [0, 0.05) is 33.9 Å². The number of hydrogen-bond donors (Lipinski definition) is 0. The summed E-state index contributed by atoms with van der Waals surface area (Å²) < 4.78 is 22.5. The van der Waals surface area contributed by atoms with E-state index in [0.717, 1.165) is 0 Å². The van der Waals surface area contributed by atoms with Crippen LogP contribution in [0.25, 0.3) is 0 Å². The summed E-state index contributed by atoms with van der Waals surface area (Å²) in [5, 5.41) is 0. The van der Waals surface area contributed by atoms with Gasteiger partial charge in [-0.15, -0.1) is 0 Å². The predicted molar refractivity (Wildman–Crippen MR) is 61.9 cm³/mol. The molecule has 0 amide bonds. The molecule has 0 spiro atoms. The van der Waals surface area contributed by atoms with Crippen molar-refractivity contribution in [3.05, 3.63) is 0 Å². The molecule has 0 aromatic carbocycles. The zero-order chi connectivity index (χ0) is 11.9. The zero-order valence-electron chi connectivity index (χ0n) is 10.8. The molecule has 0 aliphatic heterocycles. The van der Waals surface area contributed by atoms with Crippen LogP contribution in [0.5, 0.6) is 0 Å². The summed E-state index contributed by atoms with van der Waals surface area (Å²) in [5.41, 5.74) is -0.723. The van der Waals surface area contributed by atoms with Gasteiger partial charge in [0.1, 0.15) is 0 Å². The maximum atomic E-state index is 5.77. The first-order chi connectivity index (χ1) is 7.05. The summed E-state index contributed by atoms with van der Waals surface area (Å²) in [6, 6.07) is 0. The van der Waals surface area contributed by atoms with E-state index in [2.05, 4.69) is 0 Å². The summed E-state index contributed by atoms with van der Waals surface area (Å²) in [7, 11) is 0.797. The SMILES string of the molecule is CCO[Si](C)(OCC)C(CC)(OC)OC. The molecule has 4 nitrogen and oxygen atoms in total. The van der Waals surface area contributed by atoms with E-state index >= 15 is 0 Å². The highest BCUT2D eigenvalue weighted by Crippen LogP contribution is 2.30. The first-order valence-electron chi connectivity index (χ1n) is 5.44. The van der Waals surface area contributed by atoms with Crippen molar-refractivity contribution >= 4 is 8.56 Å². The predicted octanol–water partition coefficient (Wildman–Crippen LogP) is 2.07. The van der Waals surface area contributed by atoms with E-state index < -0.39 is 14.0 Å². The molecule has 0 rings (SSSR count). The second-order valence-corrected chi connectivity index (χ2v) is 6.56. The molecular weight excluding hydrogens is 212 g/mol. The molecule has 0 aromatic rings. The molecule has 0 heterocycles. The number of ether oxygens (including phenoxy) is 2. The highest BCUT2D eigenvalue weighted by molar-refractivity contribution is 6.68. The van der Waals surface area contributed by atoms with Crippen molar-refractivity contribution in [1.82, 2.24) is 0 Å². The van der Waals surface area contributed by atoms with E-state index in [0.29, 0.717) is 19.6 Å². The Morgan fingerprint density at radius 3 is 1.53 bits per heavy atom. The van der Waals surface area contributed by atoms with E-state index in [-0.39, 0.29) is 0 Å². The average molecular weight is 236 g/mol. The van der Waals surface area contributed by atoms with Gasteiger partial charge in [-0.3, -0.25) is 0 Å². The van der Waals surface area contributed by atoms with Crippen LogP contribution in [0.4, 0.5) is 0 Å². The molecule has 0 radical (unpaired) electrons. The Morgan fingerprint density at radius 1 is 0.933 bits per heavy atom. The van der Waals surface area contributed by atoms with Gasteiger partial charge in [-0.25, -0.2) is 0 Å². The van der Waals surface area contributed by atoms with Gasteiger partial charge in [-0.05, 0) is 20.4 Å². The van der Waals surface area contributed by atoms with Crippen LogP contribution in [0, 0.1) is 0 Å². The topological polar surface area (TPSA) is 36.9 Å². The quantitative estimate of drug-likeness (QED) is 0.477. The number of hydrogen-bond acceptors (Lipinski definition) is 4. The fraction of sp³-hybridized carbons (Fsp3) is 1.00. The molecule has 92 valence electrons. The monoisotopic (exact) mass is 236 g/mol. The molecule has 0 unspecified atom stereocenters. The first kappa shape index (κ1) is 15.1. The van der Waals surface area contributed by atoms with E-state index in [4.69, 9.17) is 18.3 Å². The Hall–Kier alpha value is 0.0569. The minimum absolute atomic E-state index is 0.608. The van der Waals surface area contributed by atoms with Crippen molar-refractivity contribution in [2.75, 3.05) is 27.4 Å². The van der Waals surface area contributed by atoms with E-state index in [1.54, 1.807) is 14.2 Å². The third-order valence-electron chi connectivity index (χ3n) is 2.66. The molecular formula is C10H24O4Si. The van der Waals surface area contributed by atoms with Gasteiger partial charge in [-0.1, -0.05) is 6.92 Å². The summed E-state index contributed by atoms with van der Waals surface area (Å²) in [5.74, 6) is 0. The molecule has 0 N–H and O–H groups in total. The Bertz CT molecular complexity index is 157. The van der Waals surface area contributed by atoms with Crippen molar-refractivity contribution in [2.24, 2.45) is 0 Å². The van der Waals surface area contributed by atoms with Crippen LogP contribution in [0.15, 0.2) is 0 Å². The second-order valence-electron chi connectivity index (χ2n) is 3.33. The molecule has 0 saturated heterocycles. The van der Waals surface area contributed by atoms with Crippen LogP contribution in [-0.4, -0.2) is 41.4 Å². The molecule has 0 bridgehead atoms. The second kappa shape index (κ2) is 6.60. The van der Waals surface area contributed by atoms with Crippen molar-refractivity contribution in [3.8, 4) is 0 Å². The largest absolute Gasteiger partial charge is 0.396 e. The molecule has 0 aliphatic rings. The van der Waals surface area contributed by atoms with Crippen molar-refractivity contribution < 1.29 is 18.3 Å². The van der Waals surface area contributed by atoms with Gasteiger partial charge in [0.15, 0.2) is 0 Å². The molecule has 0 aliphatic carbocycles. The number of methoxy groups -OCH3 is 2. The third kappa shape index (κ3) is 3.01. The van der Waals surface area contributed by atoms with E-state index in [9.17, 15) is 0 Å². The maximum Gasteiger partial charge on any atom is 0.396 e. The van der Waals surface area contributed by atoms with E-state index in [1.807, 2.05) is 27.3 Å². The standard InChI is InChI=1S/C10H24O4Si/c1-7-10(11-4,12-5)15(6,13-8-2)14-9-3/h7-9H2,1-6H3. The zero-order valence-corrected chi connectivity index (χ0v) is 11.8. The molecule has 0 fully saturated rings. The van der Waals surface area contributed by atoms with Crippen molar-refractivity contribution in [2.45, 2.75) is 39.1 Å². The minimum Gasteiger partial charge on any atom is -0.392 e.